The third-order valence-electron chi connectivity index (χ3n) is 5.31. The van der Waals surface area contributed by atoms with Gasteiger partial charge in [-0.3, -0.25) is 9.89 Å². The first-order chi connectivity index (χ1) is 15.0. The van der Waals surface area contributed by atoms with Crippen LogP contribution in [0.3, 0.4) is 0 Å². The van der Waals surface area contributed by atoms with Crippen molar-refractivity contribution >= 4 is 29.1 Å². The van der Waals surface area contributed by atoms with Crippen LogP contribution in [0, 0.1) is 0 Å². The Morgan fingerprint density at radius 1 is 1.16 bits per heavy atom. The van der Waals surface area contributed by atoms with Gasteiger partial charge >= 0.3 is 0 Å². The fraction of sp³-hybridized carbons (Fsp3) is 0.304. The molecule has 162 valence electrons. The van der Waals surface area contributed by atoms with Crippen LogP contribution in [0.25, 0.3) is 11.3 Å². The number of nitrogens with zero attached hydrogens (tertiary/aromatic N) is 2. The number of benzene rings is 2. The van der Waals surface area contributed by atoms with Crippen molar-refractivity contribution in [2.45, 2.75) is 19.4 Å². The molecule has 8 heteroatoms. The lowest BCUT2D eigenvalue weighted by atomic mass is 9.96. The largest absolute Gasteiger partial charge is 0.494 e. The van der Waals surface area contributed by atoms with E-state index in [4.69, 9.17) is 32.7 Å². The smallest absolute Gasteiger partial charge is 0.273 e. The average molecular weight is 460 g/mol. The molecular weight excluding hydrogens is 437 g/mol. The lowest BCUT2D eigenvalue weighted by molar-refractivity contribution is 0.0723. The molecule has 2 heterocycles. The fourth-order valence-corrected chi connectivity index (χ4v) is 4.46. The lowest BCUT2D eigenvalue weighted by Gasteiger charge is -2.27. The number of nitrogens with one attached hydrogen (secondary N) is 1. The number of hydrogen-bond acceptors (Lipinski definition) is 4. The molecule has 2 aromatic carbocycles. The number of rotatable bonds is 8. The minimum Gasteiger partial charge on any atom is -0.494 e. The first-order valence-corrected chi connectivity index (χ1v) is 10.9. The molecule has 1 aliphatic rings. The number of aromatic amines is 1. The van der Waals surface area contributed by atoms with Crippen LogP contribution in [-0.2, 0) is 4.74 Å². The van der Waals surface area contributed by atoms with E-state index in [0.717, 1.165) is 28.1 Å². The Kier molecular flexibility index (Phi) is 6.51. The van der Waals surface area contributed by atoms with Crippen molar-refractivity contribution in [2.24, 2.45) is 0 Å². The minimum atomic E-state index is -0.371. The monoisotopic (exact) mass is 459 g/mol. The van der Waals surface area contributed by atoms with Gasteiger partial charge in [0, 0.05) is 41.4 Å². The second-order valence-corrected chi connectivity index (χ2v) is 8.08. The molecule has 0 bridgehead atoms. The molecule has 31 heavy (non-hydrogen) atoms. The van der Waals surface area contributed by atoms with Crippen molar-refractivity contribution in [2.75, 3.05) is 26.9 Å². The van der Waals surface area contributed by atoms with Crippen molar-refractivity contribution in [3.8, 4) is 17.0 Å². The zero-order valence-electron chi connectivity index (χ0n) is 17.3. The van der Waals surface area contributed by atoms with Gasteiger partial charge in [0.25, 0.3) is 5.91 Å². The minimum absolute atomic E-state index is 0.105. The lowest BCUT2D eigenvalue weighted by Crippen LogP contribution is -2.31. The van der Waals surface area contributed by atoms with Crippen molar-refractivity contribution in [3.63, 3.8) is 0 Å². The van der Waals surface area contributed by atoms with E-state index < -0.39 is 0 Å². The number of hydrogen-bond donors (Lipinski definition) is 1. The maximum atomic E-state index is 13.3. The van der Waals surface area contributed by atoms with Gasteiger partial charge in [0.2, 0.25) is 0 Å². The SMILES string of the molecule is CCOc1ccc(-c2n[nH]c3c2C(c2ccc(Cl)cc2Cl)N(CCCOC)C3=O)cc1. The van der Waals surface area contributed by atoms with Gasteiger partial charge in [0.1, 0.15) is 11.4 Å². The molecule has 0 saturated carbocycles. The Hall–Kier alpha value is -2.54. The van der Waals surface area contributed by atoms with Gasteiger partial charge < -0.3 is 14.4 Å². The molecule has 1 amide bonds. The van der Waals surface area contributed by atoms with Gasteiger partial charge in [-0.2, -0.15) is 5.10 Å². The quantitative estimate of drug-likeness (QED) is 0.460. The third-order valence-corrected chi connectivity index (χ3v) is 5.87. The van der Waals surface area contributed by atoms with Crippen molar-refractivity contribution in [3.05, 3.63) is 69.3 Å². The molecule has 1 aliphatic heterocycles. The predicted molar refractivity (Wildman–Crippen MR) is 121 cm³/mol. The molecule has 0 aliphatic carbocycles. The second-order valence-electron chi connectivity index (χ2n) is 7.23. The van der Waals surface area contributed by atoms with Crippen LogP contribution >= 0.6 is 23.2 Å². The van der Waals surface area contributed by atoms with E-state index in [-0.39, 0.29) is 11.9 Å². The zero-order valence-corrected chi connectivity index (χ0v) is 18.8. The third kappa shape index (κ3) is 4.15. The summed E-state index contributed by atoms with van der Waals surface area (Å²) in [5.41, 5.74) is 3.72. The number of methoxy groups -OCH3 is 1. The summed E-state index contributed by atoms with van der Waals surface area (Å²) in [5.74, 6) is 0.680. The van der Waals surface area contributed by atoms with Gasteiger partial charge in [-0.15, -0.1) is 0 Å². The summed E-state index contributed by atoms with van der Waals surface area (Å²) in [7, 11) is 1.65. The van der Waals surface area contributed by atoms with E-state index in [1.807, 2.05) is 42.2 Å². The van der Waals surface area contributed by atoms with Crippen molar-refractivity contribution < 1.29 is 14.3 Å². The predicted octanol–water partition coefficient (Wildman–Crippen LogP) is 5.36. The van der Waals surface area contributed by atoms with Crippen LogP contribution in [0.15, 0.2) is 42.5 Å². The van der Waals surface area contributed by atoms with E-state index in [1.165, 1.54) is 0 Å². The topological polar surface area (TPSA) is 67.4 Å². The summed E-state index contributed by atoms with van der Waals surface area (Å²) >= 11 is 12.7. The maximum absolute atomic E-state index is 13.3. The number of carbonyl (C=O) groups excluding carboxylic acids is 1. The van der Waals surface area contributed by atoms with Crippen LogP contribution in [-0.4, -0.2) is 47.9 Å². The zero-order chi connectivity index (χ0) is 22.0. The molecule has 4 rings (SSSR count). The molecule has 0 saturated heterocycles. The van der Waals surface area contributed by atoms with E-state index >= 15 is 0 Å². The molecule has 3 aromatic rings. The summed E-state index contributed by atoms with van der Waals surface area (Å²) in [5, 5.41) is 8.49. The summed E-state index contributed by atoms with van der Waals surface area (Å²) in [6.07, 6.45) is 0.708. The Bertz CT molecular complexity index is 1080. The highest BCUT2D eigenvalue weighted by Gasteiger charge is 2.42. The average Bonchev–Trinajstić information content (AvgIpc) is 3.29. The highest BCUT2D eigenvalue weighted by Crippen LogP contribution is 2.45. The number of ether oxygens (including phenoxy) is 2. The number of H-pyrrole nitrogens is 1. The number of halogens is 2. The number of amides is 1. The highest BCUT2D eigenvalue weighted by molar-refractivity contribution is 6.35. The molecule has 6 nitrogen and oxygen atoms in total. The summed E-state index contributed by atoms with van der Waals surface area (Å²) in [6.45, 7) is 3.63. The maximum Gasteiger partial charge on any atom is 0.273 e. The van der Waals surface area contributed by atoms with Crippen LogP contribution in [0.1, 0.15) is 41.0 Å². The molecular formula is C23H23Cl2N3O3. The van der Waals surface area contributed by atoms with Crippen LogP contribution in [0.4, 0.5) is 0 Å². The standard InChI is InChI=1S/C23H23Cl2N3O3/c1-3-31-16-8-5-14(6-9-16)20-19-21(27-26-20)23(29)28(11-4-12-30-2)22(19)17-10-7-15(24)13-18(17)25/h5-10,13,22H,3-4,11-12H2,1-2H3,(H,26,27). The Morgan fingerprint density at radius 3 is 2.61 bits per heavy atom. The molecule has 0 radical (unpaired) electrons. The number of fused-ring (bicyclic) bond motifs is 1. The van der Waals surface area contributed by atoms with Gasteiger partial charge in [-0.1, -0.05) is 29.3 Å². The van der Waals surface area contributed by atoms with Crippen LogP contribution in [0.2, 0.25) is 10.0 Å². The van der Waals surface area contributed by atoms with E-state index in [9.17, 15) is 4.79 Å². The Morgan fingerprint density at radius 2 is 1.94 bits per heavy atom. The summed E-state index contributed by atoms with van der Waals surface area (Å²) in [6, 6.07) is 12.7. The van der Waals surface area contributed by atoms with Gasteiger partial charge in [-0.25, -0.2) is 0 Å². The molecule has 1 atom stereocenters. The van der Waals surface area contributed by atoms with Crippen molar-refractivity contribution in [1.29, 1.82) is 0 Å². The fourth-order valence-electron chi connectivity index (χ4n) is 3.95. The van der Waals surface area contributed by atoms with Crippen LogP contribution in [0.5, 0.6) is 5.75 Å². The molecule has 1 aromatic heterocycles. The first kappa shape index (κ1) is 21.7. The van der Waals surface area contributed by atoms with Crippen molar-refractivity contribution in [1.82, 2.24) is 15.1 Å². The van der Waals surface area contributed by atoms with Gasteiger partial charge in [0.05, 0.1) is 18.3 Å². The first-order valence-electron chi connectivity index (χ1n) is 10.1. The Balaban J connectivity index is 1.80. The second kappa shape index (κ2) is 9.30. The highest BCUT2D eigenvalue weighted by atomic mass is 35.5. The summed E-state index contributed by atoms with van der Waals surface area (Å²) in [4.78, 5) is 15.1. The van der Waals surface area contributed by atoms with Gasteiger partial charge in [-0.05, 0) is 55.3 Å². The Labute approximate surface area is 191 Å². The normalized spacial score (nSPS) is 15.4. The van der Waals surface area contributed by atoms with E-state index in [0.29, 0.717) is 41.9 Å². The molecule has 0 spiro atoms. The number of aromatic nitrogens is 2. The van der Waals surface area contributed by atoms with E-state index in [1.54, 1.807) is 19.2 Å². The van der Waals surface area contributed by atoms with E-state index in [2.05, 4.69) is 10.2 Å². The molecule has 1 N–H and O–H groups in total. The molecule has 0 fully saturated rings. The van der Waals surface area contributed by atoms with Gasteiger partial charge in [0.15, 0.2) is 0 Å². The number of carbonyl (C=O) groups is 1. The molecule has 1 unspecified atom stereocenters. The summed E-state index contributed by atoms with van der Waals surface area (Å²) < 4.78 is 10.7. The van der Waals surface area contributed by atoms with Crippen LogP contribution < -0.4 is 4.74 Å².